The van der Waals surface area contributed by atoms with Crippen molar-refractivity contribution in [1.29, 1.82) is 0 Å². The van der Waals surface area contributed by atoms with Crippen LogP contribution in [-0.4, -0.2) is 34.0 Å². The molecule has 9 heteroatoms. The second kappa shape index (κ2) is 8.85. The second-order valence-electron chi connectivity index (χ2n) is 4.40. The monoisotopic (exact) mass is 331 g/mol. The van der Waals surface area contributed by atoms with Crippen molar-refractivity contribution < 1.29 is 18.7 Å². The van der Waals surface area contributed by atoms with E-state index in [-0.39, 0.29) is 32.0 Å². The molecule has 0 radical (unpaired) electrons. The third-order valence-electron chi connectivity index (χ3n) is 2.67. The molecule has 22 heavy (non-hydrogen) atoms. The lowest BCUT2D eigenvalue weighted by Crippen LogP contribution is -2.24. The van der Waals surface area contributed by atoms with Crippen LogP contribution >= 0.6 is 7.60 Å². The number of hydrogen-bond acceptors (Lipinski definition) is 7. The minimum Gasteiger partial charge on any atom is -0.389 e. The molecule has 1 atom stereocenters. The highest BCUT2D eigenvalue weighted by Crippen LogP contribution is 2.49. The number of nitrogens with zero attached hydrogens (tertiary/aromatic N) is 2. The van der Waals surface area contributed by atoms with E-state index < -0.39 is 19.4 Å². The van der Waals surface area contributed by atoms with E-state index in [1.165, 1.54) is 28.7 Å². The average molecular weight is 331 g/mol. The number of aliphatic hydroxyl groups excluding tert-OH is 1. The van der Waals surface area contributed by atoms with E-state index in [0.29, 0.717) is 0 Å². The topological polar surface area (TPSA) is 117 Å². The van der Waals surface area contributed by atoms with Gasteiger partial charge in [-0.05, 0) is 32.4 Å². The molecule has 8 nitrogen and oxygen atoms in total. The highest BCUT2D eigenvalue weighted by atomic mass is 31.2. The van der Waals surface area contributed by atoms with Crippen LogP contribution in [0.1, 0.15) is 20.3 Å². The van der Waals surface area contributed by atoms with Crippen molar-refractivity contribution in [1.82, 2.24) is 9.55 Å². The van der Waals surface area contributed by atoms with Crippen LogP contribution in [0.3, 0.4) is 0 Å². The predicted molar refractivity (Wildman–Crippen MR) is 83.5 cm³/mol. The van der Waals surface area contributed by atoms with Crippen LogP contribution in [0.25, 0.3) is 0 Å². The molecule has 3 N–H and O–H groups in total. The first-order chi connectivity index (χ1) is 10.4. The van der Waals surface area contributed by atoms with Crippen molar-refractivity contribution in [3.05, 3.63) is 34.6 Å². The molecule has 0 aliphatic carbocycles. The van der Waals surface area contributed by atoms with Crippen LogP contribution in [0.4, 0.5) is 5.82 Å². The number of hydrogen-bond donors (Lipinski definition) is 2. The molecule has 0 aromatic carbocycles. The second-order valence-corrected chi connectivity index (χ2v) is 6.30. The van der Waals surface area contributed by atoms with E-state index >= 15 is 0 Å². The number of anilines is 1. The van der Waals surface area contributed by atoms with Gasteiger partial charge >= 0.3 is 13.3 Å². The summed E-state index contributed by atoms with van der Waals surface area (Å²) in [5.41, 5.74) is 4.91. The third-order valence-corrected chi connectivity index (χ3v) is 4.44. The highest BCUT2D eigenvalue weighted by Gasteiger charge is 2.19. The Morgan fingerprint density at radius 3 is 2.64 bits per heavy atom. The van der Waals surface area contributed by atoms with E-state index in [9.17, 15) is 14.5 Å². The van der Waals surface area contributed by atoms with Crippen LogP contribution in [0.2, 0.25) is 0 Å². The van der Waals surface area contributed by atoms with Crippen molar-refractivity contribution in [2.75, 3.05) is 18.9 Å². The summed E-state index contributed by atoms with van der Waals surface area (Å²) in [5, 5.41) is 9.88. The van der Waals surface area contributed by atoms with Gasteiger partial charge < -0.3 is 19.9 Å². The van der Waals surface area contributed by atoms with Gasteiger partial charge in [0.15, 0.2) is 0 Å². The molecule has 0 saturated heterocycles. The minimum absolute atomic E-state index is 0.149. The molecule has 0 saturated carbocycles. The van der Waals surface area contributed by atoms with E-state index in [2.05, 4.69) is 4.98 Å². The Bertz CT molecular complexity index is 592. The zero-order chi connectivity index (χ0) is 16.6. The van der Waals surface area contributed by atoms with Gasteiger partial charge in [0.25, 0.3) is 0 Å². The maximum atomic E-state index is 12.2. The molecule has 124 valence electrons. The van der Waals surface area contributed by atoms with Crippen molar-refractivity contribution in [2.45, 2.75) is 32.9 Å². The molecular weight excluding hydrogens is 309 g/mol. The highest BCUT2D eigenvalue weighted by molar-refractivity contribution is 7.57. The molecule has 1 rings (SSSR count). The smallest absolute Gasteiger partial charge is 0.353 e. The van der Waals surface area contributed by atoms with Gasteiger partial charge in [-0.2, -0.15) is 4.98 Å². The van der Waals surface area contributed by atoms with Gasteiger partial charge in [-0.25, -0.2) is 4.79 Å². The van der Waals surface area contributed by atoms with E-state index in [4.69, 9.17) is 14.8 Å². The Morgan fingerprint density at radius 1 is 1.45 bits per heavy atom. The zero-order valence-electron chi connectivity index (χ0n) is 12.7. The molecule has 1 aromatic heterocycles. The zero-order valence-corrected chi connectivity index (χ0v) is 13.6. The average Bonchev–Trinajstić information content (AvgIpc) is 2.45. The first-order valence-electron chi connectivity index (χ1n) is 6.99. The van der Waals surface area contributed by atoms with Crippen LogP contribution in [0.5, 0.6) is 0 Å². The maximum Gasteiger partial charge on any atom is 0.353 e. The fourth-order valence-corrected chi connectivity index (χ4v) is 3.04. The van der Waals surface area contributed by atoms with Crippen molar-refractivity contribution in [2.24, 2.45) is 0 Å². The van der Waals surface area contributed by atoms with E-state index in [1.54, 1.807) is 13.8 Å². The van der Waals surface area contributed by atoms with Crippen LogP contribution in [-0.2, 0) is 20.2 Å². The van der Waals surface area contributed by atoms with Crippen molar-refractivity contribution >= 4 is 13.4 Å². The Morgan fingerprint density at radius 2 is 2.09 bits per heavy atom. The lowest BCUT2D eigenvalue weighted by atomic mass is 10.2. The Hall–Kier alpha value is -1.47. The number of nitrogens with two attached hydrogens (primary N) is 1. The van der Waals surface area contributed by atoms with Gasteiger partial charge in [-0.3, -0.25) is 9.13 Å². The number of aliphatic hydroxyl groups is 1. The molecule has 0 spiro atoms. The summed E-state index contributed by atoms with van der Waals surface area (Å²) in [6.45, 7) is 4.15. The van der Waals surface area contributed by atoms with Gasteiger partial charge in [-0.15, -0.1) is 0 Å². The summed E-state index contributed by atoms with van der Waals surface area (Å²) in [6.07, 6.45) is 2.22. The number of nitrogen functional groups attached to an aromatic ring is 1. The normalized spacial score (nSPS) is 13.6. The third kappa shape index (κ3) is 6.11. The summed E-state index contributed by atoms with van der Waals surface area (Å²) in [6, 6.07) is 1.50. The molecular formula is C13H22N3O5P. The van der Waals surface area contributed by atoms with E-state index in [1.807, 2.05) is 0 Å². The summed E-state index contributed by atoms with van der Waals surface area (Å²) < 4.78 is 23.6. The summed E-state index contributed by atoms with van der Waals surface area (Å²) >= 11 is 0. The molecule has 0 fully saturated rings. The number of rotatable bonds is 9. The van der Waals surface area contributed by atoms with Crippen LogP contribution in [0, 0.1) is 0 Å². The lowest BCUT2D eigenvalue weighted by Gasteiger charge is -2.13. The molecule has 1 unspecified atom stereocenters. The molecule has 1 aromatic rings. The molecule has 0 aliphatic rings. The fourth-order valence-electron chi connectivity index (χ4n) is 1.67. The molecule has 0 amide bonds. The lowest BCUT2D eigenvalue weighted by molar-refractivity contribution is 0.203. The van der Waals surface area contributed by atoms with Crippen LogP contribution in [0.15, 0.2) is 29.0 Å². The van der Waals surface area contributed by atoms with Crippen molar-refractivity contribution in [3.63, 3.8) is 0 Å². The number of aryl methyl sites for hydroxylation is 1. The van der Waals surface area contributed by atoms with E-state index in [0.717, 1.165) is 0 Å². The molecule has 1 heterocycles. The van der Waals surface area contributed by atoms with Gasteiger partial charge in [0.1, 0.15) is 5.82 Å². The standard InChI is InChI=1S/C13H22N3O5P/c1-3-20-22(19,21-4-2)10-7-11(17)5-8-16-9-6-12(14)15-13(16)18/h6-7,9-11,17H,3-5,8H2,1-2H3,(H2,14,15,18). The summed E-state index contributed by atoms with van der Waals surface area (Å²) in [5.74, 6) is 1.39. The van der Waals surface area contributed by atoms with Crippen molar-refractivity contribution in [3.8, 4) is 0 Å². The first kappa shape index (κ1) is 18.6. The Balaban J connectivity index is 2.61. The van der Waals surface area contributed by atoms with Crippen LogP contribution < -0.4 is 11.4 Å². The quantitative estimate of drug-likeness (QED) is 0.656. The first-order valence-corrected chi connectivity index (χ1v) is 8.60. The molecule has 0 bridgehead atoms. The van der Waals surface area contributed by atoms with Gasteiger partial charge in [0.2, 0.25) is 0 Å². The fraction of sp³-hybridized carbons (Fsp3) is 0.538. The molecule has 0 aliphatic heterocycles. The summed E-state index contributed by atoms with van der Waals surface area (Å²) in [4.78, 5) is 15.1. The summed E-state index contributed by atoms with van der Waals surface area (Å²) in [7, 11) is -3.32. The predicted octanol–water partition coefficient (Wildman–Crippen LogP) is 1.36. The largest absolute Gasteiger partial charge is 0.389 e. The SMILES string of the molecule is CCOP(=O)(C=CC(O)CCn1ccc(N)nc1=O)OCC. The maximum absolute atomic E-state index is 12.2. The number of aromatic nitrogens is 2. The Labute approximate surface area is 129 Å². The minimum atomic E-state index is -3.32. The Kier molecular flexibility index (Phi) is 7.47. The van der Waals surface area contributed by atoms with Gasteiger partial charge in [0, 0.05) is 18.6 Å². The van der Waals surface area contributed by atoms with Gasteiger partial charge in [0.05, 0.1) is 19.3 Å². The van der Waals surface area contributed by atoms with Gasteiger partial charge in [-0.1, -0.05) is 0 Å².